The summed E-state index contributed by atoms with van der Waals surface area (Å²) in [5.74, 6) is -0.426. The molecule has 1 aliphatic rings. The van der Waals surface area contributed by atoms with E-state index in [0.29, 0.717) is 13.0 Å². The summed E-state index contributed by atoms with van der Waals surface area (Å²) in [6.07, 6.45) is 7.77. The Morgan fingerprint density at radius 1 is 1.67 bits per heavy atom. The predicted octanol–water partition coefficient (Wildman–Crippen LogP) is 0.763. The van der Waals surface area contributed by atoms with Gasteiger partial charge in [0.15, 0.2) is 5.60 Å². The Labute approximate surface area is 71.9 Å². The zero-order valence-electron chi connectivity index (χ0n) is 7.12. The van der Waals surface area contributed by atoms with Crippen molar-refractivity contribution in [2.45, 2.75) is 18.9 Å². The zero-order chi connectivity index (χ0) is 9.03. The summed E-state index contributed by atoms with van der Waals surface area (Å²) in [6, 6.07) is 0. The van der Waals surface area contributed by atoms with E-state index in [1.54, 1.807) is 12.2 Å². The molecule has 0 aliphatic heterocycles. The minimum atomic E-state index is -0.899. The standard InChI is InChI=1S/C9H13NO2/c1-2-12-9(8(10)11)6-4-3-5-7-9/h3-6H,2,7H2,1H3,(H2,10,11). The van der Waals surface area contributed by atoms with E-state index < -0.39 is 11.5 Å². The smallest absolute Gasteiger partial charge is 0.254 e. The van der Waals surface area contributed by atoms with Crippen molar-refractivity contribution in [3.05, 3.63) is 24.3 Å². The van der Waals surface area contributed by atoms with Crippen molar-refractivity contribution in [3.63, 3.8) is 0 Å². The van der Waals surface area contributed by atoms with Gasteiger partial charge in [0.2, 0.25) is 0 Å². The van der Waals surface area contributed by atoms with Gasteiger partial charge >= 0.3 is 0 Å². The van der Waals surface area contributed by atoms with E-state index in [1.807, 2.05) is 19.1 Å². The van der Waals surface area contributed by atoms with Crippen LogP contribution in [0.5, 0.6) is 0 Å². The van der Waals surface area contributed by atoms with E-state index in [-0.39, 0.29) is 0 Å². The molecule has 1 rings (SSSR count). The van der Waals surface area contributed by atoms with Gasteiger partial charge in [-0.2, -0.15) is 0 Å². The Morgan fingerprint density at radius 3 is 2.83 bits per heavy atom. The fourth-order valence-electron chi connectivity index (χ4n) is 1.22. The first-order valence-electron chi connectivity index (χ1n) is 3.99. The molecule has 1 atom stereocenters. The average molecular weight is 167 g/mol. The molecular weight excluding hydrogens is 154 g/mol. The highest BCUT2D eigenvalue weighted by atomic mass is 16.5. The maximum Gasteiger partial charge on any atom is 0.254 e. The summed E-state index contributed by atoms with van der Waals surface area (Å²) in [5.41, 5.74) is 4.34. The molecule has 66 valence electrons. The van der Waals surface area contributed by atoms with Crippen LogP contribution in [0.4, 0.5) is 0 Å². The monoisotopic (exact) mass is 167 g/mol. The molecule has 1 amide bonds. The van der Waals surface area contributed by atoms with Gasteiger partial charge in [-0.1, -0.05) is 18.2 Å². The van der Waals surface area contributed by atoms with Crippen LogP contribution in [0.3, 0.4) is 0 Å². The normalized spacial score (nSPS) is 27.4. The summed E-state index contributed by atoms with van der Waals surface area (Å²) in [7, 11) is 0. The largest absolute Gasteiger partial charge is 0.367 e. The van der Waals surface area contributed by atoms with Crippen molar-refractivity contribution in [3.8, 4) is 0 Å². The fourth-order valence-corrected chi connectivity index (χ4v) is 1.22. The van der Waals surface area contributed by atoms with Crippen LogP contribution in [-0.4, -0.2) is 18.1 Å². The van der Waals surface area contributed by atoms with E-state index >= 15 is 0 Å². The third-order valence-corrected chi connectivity index (χ3v) is 1.85. The van der Waals surface area contributed by atoms with Gasteiger partial charge in [0.05, 0.1) is 0 Å². The van der Waals surface area contributed by atoms with Crippen molar-refractivity contribution in [1.82, 2.24) is 0 Å². The molecule has 0 spiro atoms. The molecular formula is C9H13NO2. The van der Waals surface area contributed by atoms with Crippen molar-refractivity contribution in [2.24, 2.45) is 5.73 Å². The van der Waals surface area contributed by atoms with E-state index in [2.05, 4.69) is 0 Å². The first kappa shape index (κ1) is 9.00. The molecule has 0 fully saturated rings. The maximum absolute atomic E-state index is 11.1. The van der Waals surface area contributed by atoms with Crippen LogP contribution in [0.25, 0.3) is 0 Å². The van der Waals surface area contributed by atoms with Gasteiger partial charge in [0.1, 0.15) is 0 Å². The number of amides is 1. The minimum Gasteiger partial charge on any atom is -0.367 e. The number of hydrogen-bond acceptors (Lipinski definition) is 2. The SMILES string of the molecule is CCOC1(C(N)=O)C=CC=CC1. The number of hydrogen-bond donors (Lipinski definition) is 1. The molecule has 0 aromatic rings. The zero-order valence-corrected chi connectivity index (χ0v) is 7.12. The lowest BCUT2D eigenvalue weighted by Crippen LogP contribution is -2.44. The van der Waals surface area contributed by atoms with Crippen LogP contribution < -0.4 is 5.73 Å². The average Bonchev–Trinajstić information content (AvgIpc) is 2.06. The molecule has 0 aromatic heterocycles. The number of allylic oxidation sites excluding steroid dienone is 2. The van der Waals surface area contributed by atoms with Crippen molar-refractivity contribution in [2.75, 3.05) is 6.61 Å². The predicted molar refractivity (Wildman–Crippen MR) is 46.4 cm³/mol. The van der Waals surface area contributed by atoms with Crippen molar-refractivity contribution < 1.29 is 9.53 Å². The second kappa shape index (κ2) is 3.54. The van der Waals surface area contributed by atoms with E-state index in [9.17, 15) is 4.79 Å². The maximum atomic E-state index is 11.1. The quantitative estimate of drug-likeness (QED) is 0.674. The van der Waals surface area contributed by atoms with Gasteiger partial charge < -0.3 is 10.5 Å². The lowest BCUT2D eigenvalue weighted by atomic mass is 9.94. The van der Waals surface area contributed by atoms with Crippen LogP contribution in [0.15, 0.2) is 24.3 Å². The second-order valence-electron chi connectivity index (χ2n) is 2.68. The number of carbonyl (C=O) groups excluding carboxylic acids is 1. The van der Waals surface area contributed by atoms with Crippen LogP contribution in [0.1, 0.15) is 13.3 Å². The molecule has 12 heavy (non-hydrogen) atoms. The van der Waals surface area contributed by atoms with Crippen LogP contribution in [0.2, 0.25) is 0 Å². The van der Waals surface area contributed by atoms with Gasteiger partial charge in [-0.3, -0.25) is 4.79 Å². The molecule has 0 saturated carbocycles. The highest BCUT2D eigenvalue weighted by molar-refractivity contribution is 5.86. The number of ether oxygens (including phenoxy) is 1. The fraction of sp³-hybridized carbons (Fsp3) is 0.444. The Morgan fingerprint density at radius 2 is 2.42 bits per heavy atom. The highest BCUT2D eigenvalue weighted by Crippen LogP contribution is 2.21. The first-order valence-corrected chi connectivity index (χ1v) is 3.99. The second-order valence-corrected chi connectivity index (χ2v) is 2.68. The van der Waals surface area contributed by atoms with Gasteiger partial charge in [0, 0.05) is 13.0 Å². The summed E-state index contributed by atoms with van der Waals surface area (Å²) >= 11 is 0. The Hall–Kier alpha value is -1.09. The van der Waals surface area contributed by atoms with Gasteiger partial charge in [-0.25, -0.2) is 0 Å². The molecule has 1 aliphatic carbocycles. The molecule has 1 unspecified atom stereocenters. The molecule has 3 nitrogen and oxygen atoms in total. The summed E-state index contributed by atoms with van der Waals surface area (Å²) in [6.45, 7) is 2.33. The molecule has 0 bridgehead atoms. The lowest BCUT2D eigenvalue weighted by Gasteiger charge is -2.27. The molecule has 0 saturated heterocycles. The first-order chi connectivity index (χ1) is 5.71. The highest BCUT2D eigenvalue weighted by Gasteiger charge is 2.33. The molecule has 2 N–H and O–H groups in total. The summed E-state index contributed by atoms with van der Waals surface area (Å²) in [4.78, 5) is 11.1. The number of primary amides is 1. The molecule has 0 aromatic carbocycles. The lowest BCUT2D eigenvalue weighted by molar-refractivity contribution is -0.136. The third kappa shape index (κ3) is 1.56. The van der Waals surface area contributed by atoms with E-state index in [0.717, 1.165) is 0 Å². The third-order valence-electron chi connectivity index (χ3n) is 1.85. The number of carbonyl (C=O) groups is 1. The van der Waals surface area contributed by atoms with Gasteiger partial charge in [-0.05, 0) is 13.0 Å². The van der Waals surface area contributed by atoms with Crippen LogP contribution in [-0.2, 0) is 9.53 Å². The molecule has 3 heteroatoms. The Kier molecular flexibility index (Phi) is 2.65. The summed E-state index contributed by atoms with van der Waals surface area (Å²) in [5, 5.41) is 0. The van der Waals surface area contributed by atoms with Crippen molar-refractivity contribution in [1.29, 1.82) is 0 Å². The van der Waals surface area contributed by atoms with Crippen LogP contribution in [0, 0.1) is 0 Å². The molecule has 0 radical (unpaired) electrons. The van der Waals surface area contributed by atoms with Crippen molar-refractivity contribution >= 4 is 5.91 Å². The molecule has 0 heterocycles. The number of nitrogens with two attached hydrogens (primary N) is 1. The van der Waals surface area contributed by atoms with Gasteiger partial charge in [-0.15, -0.1) is 0 Å². The Balaban J connectivity index is 2.80. The van der Waals surface area contributed by atoms with E-state index in [1.165, 1.54) is 0 Å². The minimum absolute atomic E-state index is 0.426. The number of rotatable bonds is 3. The van der Waals surface area contributed by atoms with Crippen LogP contribution >= 0.6 is 0 Å². The Bertz CT molecular complexity index is 233. The summed E-state index contributed by atoms with van der Waals surface area (Å²) < 4.78 is 5.32. The van der Waals surface area contributed by atoms with E-state index in [4.69, 9.17) is 10.5 Å². The topological polar surface area (TPSA) is 52.3 Å². The van der Waals surface area contributed by atoms with Gasteiger partial charge in [0.25, 0.3) is 5.91 Å².